The van der Waals surface area contributed by atoms with Crippen LogP contribution in [0.3, 0.4) is 0 Å². The number of nitrogens with one attached hydrogen (secondary N) is 1. The highest BCUT2D eigenvalue weighted by Crippen LogP contribution is 2.23. The molecule has 0 saturated heterocycles. The first-order valence-corrected chi connectivity index (χ1v) is 3.81. The van der Waals surface area contributed by atoms with Crippen molar-refractivity contribution in [3.05, 3.63) is 30.1 Å². The van der Waals surface area contributed by atoms with E-state index in [-0.39, 0.29) is 0 Å². The van der Waals surface area contributed by atoms with Gasteiger partial charge in [-0.1, -0.05) is 19.2 Å². The maximum Gasteiger partial charge on any atom is 0.0461 e. The number of H-pyrrole nitrogens is 1. The fourth-order valence-corrected chi connectivity index (χ4v) is 1.29. The van der Waals surface area contributed by atoms with Crippen molar-refractivity contribution in [1.29, 1.82) is 0 Å². The van der Waals surface area contributed by atoms with Gasteiger partial charge in [0.25, 0.3) is 0 Å². The summed E-state index contributed by atoms with van der Waals surface area (Å²) in [5.41, 5.74) is 3.07. The number of thiol groups is 1. The quantitative estimate of drug-likeness (QED) is 0.627. The van der Waals surface area contributed by atoms with E-state index in [4.69, 9.17) is 0 Å². The SMILES string of the molecule is C=Cc1[nH]c(C)c(S)c1C=C. The molecule has 1 N–H and O–H groups in total. The Hall–Kier alpha value is -0.890. The van der Waals surface area contributed by atoms with Gasteiger partial charge in [-0.05, 0) is 13.0 Å². The topological polar surface area (TPSA) is 15.8 Å². The molecule has 0 spiro atoms. The van der Waals surface area contributed by atoms with Gasteiger partial charge >= 0.3 is 0 Å². The van der Waals surface area contributed by atoms with E-state index >= 15 is 0 Å². The van der Waals surface area contributed by atoms with Gasteiger partial charge in [0.05, 0.1) is 0 Å². The second-order valence-corrected chi connectivity index (χ2v) is 2.78. The van der Waals surface area contributed by atoms with Crippen LogP contribution in [0.2, 0.25) is 0 Å². The molecule has 0 saturated carbocycles. The summed E-state index contributed by atoms with van der Waals surface area (Å²) in [6, 6.07) is 0. The van der Waals surface area contributed by atoms with Crippen LogP contribution in [-0.2, 0) is 0 Å². The Kier molecular flexibility index (Phi) is 2.25. The lowest BCUT2D eigenvalue weighted by molar-refractivity contribution is 1.20. The molecule has 0 unspecified atom stereocenters. The first-order chi connectivity index (χ1) is 5.20. The summed E-state index contributed by atoms with van der Waals surface area (Å²) in [7, 11) is 0. The minimum absolute atomic E-state index is 0.954. The number of hydrogen-bond donors (Lipinski definition) is 2. The minimum atomic E-state index is 0.954. The van der Waals surface area contributed by atoms with Crippen molar-refractivity contribution < 1.29 is 0 Å². The maximum atomic E-state index is 4.32. The van der Waals surface area contributed by atoms with Crippen molar-refractivity contribution in [2.45, 2.75) is 11.8 Å². The molecule has 0 aliphatic carbocycles. The van der Waals surface area contributed by atoms with Gasteiger partial charge in [0.1, 0.15) is 0 Å². The van der Waals surface area contributed by atoms with Gasteiger partial charge < -0.3 is 4.98 Å². The smallest absolute Gasteiger partial charge is 0.0461 e. The highest BCUT2D eigenvalue weighted by atomic mass is 32.1. The molecule has 2 heteroatoms. The molecule has 0 fully saturated rings. The summed E-state index contributed by atoms with van der Waals surface area (Å²) in [6.07, 6.45) is 3.55. The van der Waals surface area contributed by atoms with E-state index in [1.165, 1.54) is 0 Å². The number of aromatic nitrogens is 1. The molecule has 0 radical (unpaired) electrons. The molecule has 1 heterocycles. The highest BCUT2D eigenvalue weighted by Gasteiger charge is 2.05. The van der Waals surface area contributed by atoms with Gasteiger partial charge in [-0.2, -0.15) is 0 Å². The van der Waals surface area contributed by atoms with E-state index in [2.05, 4.69) is 30.8 Å². The second kappa shape index (κ2) is 3.01. The van der Waals surface area contributed by atoms with Gasteiger partial charge in [-0.15, -0.1) is 12.6 Å². The first-order valence-electron chi connectivity index (χ1n) is 3.37. The van der Waals surface area contributed by atoms with Crippen LogP contribution in [0, 0.1) is 6.92 Å². The monoisotopic (exact) mass is 165 g/mol. The third kappa shape index (κ3) is 1.26. The molecule has 1 aromatic rings. The zero-order valence-corrected chi connectivity index (χ0v) is 7.41. The van der Waals surface area contributed by atoms with Crippen LogP contribution in [-0.4, -0.2) is 4.98 Å². The van der Waals surface area contributed by atoms with E-state index in [9.17, 15) is 0 Å². The number of rotatable bonds is 2. The Labute approximate surface area is 72.2 Å². The number of aryl methyl sites for hydroxylation is 1. The predicted molar refractivity (Wildman–Crippen MR) is 53.0 cm³/mol. The molecular formula is C9H11NS. The van der Waals surface area contributed by atoms with Crippen molar-refractivity contribution in [2.75, 3.05) is 0 Å². The molecule has 1 nitrogen and oxygen atoms in total. The van der Waals surface area contributed by atoms with Gasteiger partial charge in [-0.25, -0.2) is 0 Å². The van der Waals surface area contributed by atoms with Crippen molar-refractivity contribution in [2.24, 2.45) is 0 Å². The van der Waals surface area contributed by atoms with Crippen LogP contribution in [0.15, 0.2) is 18.1 Å². The molecule has 0 aliphatic rings. The fourth-order valence-electron chi connectivity index (χ4n) is 1.03. The molecule has 58 valence electrons. The largest absolute Gasteiger partial charge is 0.358 e. The molecule has 1 aromatic heterocycles. The van der Waals surface area contributed by atoms with Crippen LogP contribution in [0.1, 0.15) is 17.0 Å². The lowest BCUT2D eigenvalue weighted by Crippen LogP contribution is -1.73. The van der Waals surface area contributed by atoms with Crippen LogP contribution < -0.4 is 0 Å². The zero-order valence-electron chi connectivity index (χ0n) is 6.52. The van der Waals surface area contributed by atoms with Gasteiger partial charge in [0.2, 0.25) is 0 Å². The van der Waals surface area contributed by atoms with Gasteiger partial charge in [0, 0.05) is 21.8 Å². The predicted octanol–water partition coefficient (Wildman–Crippen LogP) is 2.90. The third-order valence-corrected chi connectivity index (χ3v) is 2.21. The Balaban J connectivity index is 3.37. The Morgan fingerprint density at radius 2 is 2.00 bits per heavy atom. The summed E-state index contributed by atoms with van der Waals surface area (Å²) in [5.74, 6) is 0. The molecule has 1 rings (SSSR count). The Morgan fingerprint density at radius 3 is 2.36 bits per heavy atom. The summed E-state index contributed by atoms with van der Waals surface area (Å²) >= 11 is 4.32. The minimum Gasteiger partial charge on any atom is -0.358 e. The summed E-state index contributed by atoms with van der Waals surface area (Å²) < 4.78 is 0. The fraction of sp³-hybridized carbons (Fsp3) is 0.111. The lowest BCUT2D eigenvalue weighted by Gasteiger charge is -1.90. The summed E-state index contributed by atoms with van der Waals surface area (Å²) in [4.78, 5) is 4.10. The number of hydrogen-bond acceptors (Lipinski definition) is 1. The Bertz CT molecular complexity index is 297. The molecule has 0 atom stereocenters. The normalized spacial score (nSPS) is 9.64. The maximum absolute atomic E-state index is 4.32. The Morgan fingerprint density at radius 1 is 1.36 bits per heavy atom. The van der Waals surface area contributed by atoms with Crippen LogP contribution in [0.4, 0.5) is 0 Å². The highest BCUT2D eigenvalue weighted by molar-refractivity contribution is 7.80. The van der Waals surface area contributed by atoms with E-state index < -0.39 is 0 Å². The summed E-state index contributed by atoms with van der Waals surface area (Å²) in [5, 5.41) is 0. The summed E-state index contributed by atoms with van der Waals surface area (Å²) in [6.45, 7) is 9.35. The van der Waals surface area contributed by atoms with E-state index in [0.717, 1.165) is 21.8 Å². The van der Waals surface area contributed by atoms with Crippen LogP contribution >= 0.6 is 12.6 Å². The van der Waals surface area contributed by atoms with Gasteiger partial charge in [0.15, 0.2) is 0 Å². The van der Waals surface area contributed by atoms with E-state index in [0.29, 0.717) is 0 Å². The van der Waals surface area contributed by atoms with Crippen LogP contribution in [0.25, 0.3) is 12.2 Å². The van der Waals surface area contributed by atoms with Gasteiger partial charge in [-0.3, -0.25) is 0 Å². The number of aromatic amines is 1. The van der Waals surface area contributed by atoms with Crippen LogP contribution in [0.5, 0.6) is 0 Å². The van der Waals surface area contributed by atoms with Crippen molar-refractivity contribution >= 4 is 24.8 Å². The lowest BCUT2D eigenvalue weighted by atomic mass is 10.2. The zero-order chi connectivity index (χ0) is 8.43. The first kappa shape index (κ1) is 8.21. The van der Waals surface area contributed by atoms with E-state index in [1.54, 1.807) is 12.2 Å². The average Bonchev–Trinajstić information content (AvgIpc) is 2.28. The van der Waals surface area contributed by atoms with E-state index in [1.807, 2.05) is 6.92 Å². The molecule has 0 bridgehead atoms. The standard InChI is InChI=1S/C9H11NS/c1-4-7-8(5-2)10-6(3)9(7)11/h4-5,10-11H,1-2H2,3H3. The second-order valence-electron chi connectivity index (χ2n) is 2.33. The molecule has 0 aromatic carbocycles. The molecule has 0 aliphatic heterocycles. The molecule has 11 heavy (non-hydrogen) atoms. The third-order valence-electron chi connectivity index (χ3n) is 1.63. The van der Waals surface area contributed by atoms with Crippen molar-refractivity contribution in [3.8, 4) is 0 Å². The van der Waals surface area contributed by atoms with Crippen molar-refractivity contribution in [3.63, 3.8) is 0 Å². The van der Waals surface area contributed by atoms with Crippen molar-refractivity contribution in [1.82, 2.24) is 4.98 Å². The molecule has 0 amide bonds. The molecular weight excluding hydrogens is 154 g/mol. The average molecular weight is 165 g/mol.